The Morgan fingerprint density at radius 3 is 2.75 bits per heavy atom. The van der Waals surface area contributed by atoms with E-state index >= 15 is 0 Å². The summed E-state index contributed by atoms with van der Waals surface area (Å²) in [6.07, 6.45) is 1.26. The average Bonchev–Trinajstić information content (AvgIpc) is 2.31. The van der Waals surface area contributed by atoms with Crippen LogP contribution in [0.3, 0.4) is 0 Å². The molecule has 1 heterocycles. The summed E-state index contributed by atoms with van der Waals surface area (Å²) >= 11 is 0. The maximum atomic E-state index is 9.31. The summed E-state index contributed by atoms with van der Waals surface area (Å²) < 4.78 is 5.00. The highest BCUT2D eigenvalue weighted by atomic mass is 16.4. The summed E-state index contributed by atoms with van der Waals surface area (Å²) in [5, 5.41) is 19.1. The molecule has 0 saturated carbocycles. The minimum Gasteiger partial charge on any atom is -0.508 e. The first-order valence-corrected chi connectivity index (χ1v) is 3.58. The molecule has 2 aromatic rings. The van der Waals surface area contributed by atoms with Gasteiger partial charge in [-0.05, 0) is 18.6 Å². The van der Waals surface area contributed by atoms with E-state index in [1.54, 1.807) is 13.0 Å². The molecule has 2 rings (SSSR count). The highest BCUT2D eigenvalue weighted by molar-refractivity contribution is 5.88. The normalized spacial score (nSPS) is 10.8. The zero-order valence-electron chi connectivity index (χ0n) is 6.53. The molecule has 0 fully saturated rings. The molecular weight excluding hydrogens is 156 g/mol. The summed E-state index contributed by atoms with van der Waals surface area (Å²) in [5.74, 6) is 0.261. The SMILES string of the molecule is Cc1cc(O)cc2occ(O)c12. The first kappa shape index (κ1) is 7.03. The van der Waals surface area contributed by atoms with Crippen molar-refractivity contribution in [2.45, 2.75) is 6.92 Å². The monoisotopic (exact) mass is 164 g/mol. The number of furan rings is 1. The molecule has 1 aromatic heterocycles. The lowest BCUT2D eigenvalue weighted by Crippen LogP contribution is -1.73. The maximum absolute atomic E-state index is 9.31. The molecule has 0 bridgehead atoms. The van der Waals surface area contributed by atoms with Crippen molar-refractivity contribution in [2.24, 2.45) is 0 Å². The number of benzene rings is 1. The molecule has 62 valence electrons. The maximum Gasteiger partial charge on any atom is 0.162 e. The van der Waals surface area contributed by atoms with Crippen LogP contribution in [0.15, 0.2) is 22.8 Å². The molecule has 0 aliphatic heterocycles. The second kappa shape index (κ2) is 2.17. The van der Waals surface area contributed by atoms with Gasteiger partial charge in [0.15, 0.2) is 5.75 Å². The van der Waals surface area contributed by atoms with Crippen LogP contribution in [0, 0.1) is 6.92 Å². The van der Waals surface area contributed by atoms with Gasteiger partial charge in [0.2, 0.25) is 0 Å². The molecule has 12 heavy (non-hydrogen) atoms. The lowest BCUT2D eigenvalue weighted by molar-refractivity contribution is 0.463. The third kappa shape index (κ3) is 0.830. The number of phenolic OH excluding ortho intramolecular Hbond substituents is 1. The van der Waals surface area contributed by atoms with Crippen molar-refractivity contribution in [2.75, 3.05) is 0 Å². The fraction of sp³-hybridized carbons (Fsp3) is 0.111. The third-order valence-electron chi connectivity index (χ3n) is 1.84. The van der Waals surface area contributed by atoms with Crippen LogP contribution >= 0.6 is 0 Å². The number of hydrogen-bond acceptors (Lipinski definition) is 3. The van der Waals surface area contributed by atoms with Gasteiger partial charge in [-0.1, -0.05) is 0 Å². The molecule has 3 heteroatoms. The lowest BCUT2D eigenvalue weighted by Gasteiger charge is -1.96. The summed E-state index contributed by atoms with van der Waals surface area (Å²) in [6, 6.07) is 3.06. The number of fused-ring (bicyclic) bond motifs is 1. The van der Waals surface area contributed by atoms with Gasteiger partial charge in [-0.15, -0.1) is 0 Å². The van der Waals surface area contributed by atoms with Crippen LogP contribution in [-0.4, -0.2) is 10.2 Å². The lowest BCUT2D eigenvalue weighted by atomic mass is 10.1. The number of phenols is 1. The molecule has 0 spiro atoms. The smallest absolute Gasteiger partial charge is 0.162 e. The molecule has 0 radical (unpaired) electrons. The average molecular weight is 164 g/mol. The van der Waals surface area contributed by atoms with Crippen LogP contribution < -0.4 is 0 Å². The van der Waals surface area contributed by atoms with Crippen LogP contribution in [0.2, 0.25) is 0 Å². The van der Waals surface area contributed by atoms with E-state index in [1.165, 1.54) is 12.3 Å². The first-order chi connectivity index (χ1) is 5.68. The minimum atomic E-state index is 0.113. The van der Waals surface area contributed by atoms with E-state index in [9.17, 15) is 10.2 Å². The van der Waals surface area contributed by atoms with Gasteiger partial charge in [0, 0.05) is 6.07 Å². The van der Waals surface area contributed by atoms with E-state index in [2.05, 4.69) is 0 Å². The Hall–Kier alpha value is -1.64. The Bertz CT molecular complexity index is 429. The molecule has 0 aliphatic carbocycles. The van der Waals surface area contributed by atoms with Crippen LogP contribution in [0.4, 0.5) is 0 Å². The Morgan fingerprint density at radius 1 is 1.25 bits per heavy atom. The molecule has 3 nitrogen and oxygen atoms in total. The van der Waals surface area contributed by atoms with Crippen molar-refractivity contribution in [1.29, 1.82) is 0 Å². The van der Waals surface area contributed by atoms with Gasteiger partial charge < -0.3 is 14.6 Å². The van der Waals surface area contributed by atoms with Gasteiger partial charge in [-0.2, -0.15) is 0 Å². The third-order valence-corrected chi connectivity index (χ3v) is 1.84. The van der Waals surface area contributed by atoms with Crippen molar-refractivity contribution in [3.05, 3.63) is 24.0 Å². The van der Waals surface area contributed by atoms with Crippen molar-refractivity contribution < 1.29 is 14.6 Å². The van der Waals surface area contributed by atoms with Crippen molar-refractivity contribution in [3.63, 3.8) is 0 Å². The van der Waals surface area contributed by atoms with Gasteiger partial charge in [0.1, 0.15) is 17.6 Å². The van der Waals surface area contributed by atoms with Crippen LogP contribution in [0.1, 0.15) is 5.56 Å². The van der Waals surface area contributed by atoms with Gasteiger partial charge >= 0.3 is 0 Å². The highest BCUT2D eigenvalue weighted by Gasteiger charge is 2.07. The van der Waals surface area contributed by atoms with E-state index in [-0.39, 0.29) is 11.5 Å². The van der Waals surface area contributed by atoms with Crippen LogP contribution in [0.5, 0.6) is 11.5 Å². The molecule has 0 saturated heterocycles. The van der Waals surface area contributed by atoms with Gasteiger partial charge in [-0.3, -0.25) is 0 Å². The largest absolute Gasteiger partial charge is 0.508 e. The summed E-state index contributed by atoms with van der Waals surface area (Å²) in [7, 11) is 0. The Morgan fingerprint density at radius 2 is 2.00 bits per heavy atom. The number of aromatic hydroxyl groups is 2. The predicted molar refractivity (Wildman–Crippen MR) is 44.3 cm³/mol. The highest BCUT2D eigenvalue weighted by Crippen LogP contribution is 2.32. The van der Waals surface area contributed by atoms with E-state index in [0.717, 1.165) is 5.56 Å². The minimum absolute atomic E-state index is 0.113. The van der Waals surface area contributed by atoms with E-state index in [0.29, 0.717) is 11.0 Å². The first-order valence-electron chi connectivity index (χ1n) is 3.58. The number of aryl methyl sites for hydroxylation is 1. The Balaban J connectivity index is 2.93. The number of hydrogen-bond donors (Lipinski definition) is 2. The number of rotatable bonds is 0. The molecule has 0 unspecified atom stereocenters. The van der Waals surface area contributed by atoms with Gasteiger partial charge in [0.25, 0.3) is 0 Å². The fourth-order valence-corrected chi connectivity index (χ4v) is 1.34. The topological polar surface area (TPSA) is 53.6 Å². The van der Waals surface area contributed by atoms with Crippen LogP contribution in [-0.2, 0) is 0 Å². The van der Waals surface area contributed by atoms with Crippen LogP contribution in [0.25, 0.3) is 11.0 Å². The zero-order chi connectivity index (χ0) is 8.72. The van der Waals surface area contributed by atoms with Crippen molar-refractivity contribution in [1.82, 2.24) is 0 Å². The molecule has 0 amide bonds. The van der Waals surface area contributed by atoms with E-state index < -0.39 is 0 Å². The van der Waals surface area contributed by atoms with Gasteiger partial charge in [-0.25, -0.2) is 0 Å². The molecule has 0 atom stereocenters. The summed E-state index contributed by atoms with van der Waals surface area (Å²) in [4.78, 5) is 0. The molecular formula is C9H8O3. The second-order valence-electron chi connectivity index (χ2n) is 2.76. The molecule has 2 N–H and O–H groups in total. The Labute approximate surface area is 68.9 Å². The summed E-state index contributed by atoms with van der Waals surface area (Å²) in [6.45, 7) is 1.80. The predicted octanol–water partition coefficient (Wildman–Crippen LogP) is 2.15. The summed E-state index contributed by atoms with van der Waals surface area (Å²) in [5.41, 5.74) is 1.31. The van der Waals surface area contributed by atoms with Crippen molar-refractivity contribution in [3.8, 4) is 11.5 Å². The Kier molecular flexibility index (Phi) is 1.27. The molecule has 0 aliphatic rings. The molecule has 1 aromatic carbocycles. The second-order valence-corrected chi connectivity index (χ2v) is 2.76. The van der Waals surface area contributed by atoms with E-state index in [1.807, 2.05) is 0 Å². The fourth-order valence-electron chi connectivity index (χ4n) is 1.34. The van der Waals surface area contributed by atoms with Crippen molar-refractivity contribution >= 4 is 11.0 Å². The quantitative estimate of drug-likeness (QED) is 0.627. The zero-order valence-corrected chi connectivity index (χ0v) is 6.53. The van der Waals surface area contributed by atoms with E-state index in [4.69, 9.17) is 4.42 Å². The van der Waals surface area contributed by atoms with Gasteiger partial charge in [0.05, 0.1) is 5.39 Å². The standard InChI is InChI=1S/C9H8O3/c1-5-2-6(10)3-8-9(5)7(11)4-12-8/h2-4,10-11H,1H3.